The lowest BCUT2D eigenvalue weighted by Gasteiger charge is -2.20. The Hall–Kier alpha value is -0.450. The zero-order valence-corrected chi connectivity index (χ0v) is 14.6. The molecule has 1 aromatic rings. The Morgan fingerprint density at radius 3 is 2.60 bits per heavy atom. The number of ether oxygens (including phenoxy) is 1. The molecule has 4 heteroatoms. The van der Waals surface area contributed by atoms with E-state index in [0.29, 0.717) is 12.0 Å². The molecule has 0 aromatic carbocycles. The van der Waals surface area contributed by atoms with Gasteiger partial charge in [-0.25, -0.2) is 4.98 Å². The maximum atomic E-state index is 5.24. The number of hydrogen-bond donors (Lipinski definition) is 1. The maximum Gasteiger partial charge on any atom is 0.0944 e. The predicted molar refractivity (Wildman–Crippen MR) is 87.6 cm³/mol. The van der Waals surface area contributed by atoms with Crippen LogP contribution in [0.25, 0.3) is 0 Å². The van der Waals surface area contributed by atoms with E-state index in [4.69, 9.17) is 9.72 Å². The van der Waals surface area contributed by atoms with E-state index in [1.54, 1.807) is 18.4 Å². The summed E-state index contributed by atoms with van der Waals surface area (Å²) in [5.74, 6) is 0.575. The Bertz CT molecular complexity index is 384. The number of rotatable bonds is 8. The normalized spacial score (nSPS) is 15.3. The third kappa shape index (κ3) is 5.90. The fourth-order valence-electron chi connectivity index (χ4n) is 2.33. The van der Waals surface area contributed by atoms with Gasteiger partial charge in [0, 0.05) is 37.0 Å². The molecule has 0 bridgehead atoms. The van der Waals surface area contributed by atoms with Crippen LogP contribution in [0.3, 0.4) is 0 Å². The summed E-state index contributed by atoms with van der Waals surface area (Å²) in [4.78, 5) is 4.80. The first-order valence-corrected chi connectivity index (χ1v) is 8.42. The molecule has 1 N–H and O–H groups in total. The van der Waals surface area contributed by atoms with E-state index >= 15 is 0 Å². The highest BCUT2D eigenvalue weighted by Crippen LogP contribution is 2.25. The van der Waals surface area contributed by atoms with Crippen molar-refractivity contribution in [2.24, 2.45) is 5.92 Å². The third-order valence-corrected chi connectivity index (χ3v) is 4.24. The lowest BCUT2D eigenvalue weighted by molar-refractivity contribution is 0.149. The number of thiazole rings is 1. The highest BCUT2D eigenvalue weighted by Gasteiger charge is 2.19. The average molecular weight is 298 g/mol. The summed E-state index contributed by atoms with van der Waals surface area (Å²) in [6, 6.07) is 0.490. The Balaban J connectivity index is 2.63. The number of methoxy groups -OCH3 is 1. The van der Waals surface area contributed by atoms with Gasteiger partial charge in [-0.05, 0) is 18.9 Å². The first-order chi connectivity index (χ1) is 9.36. The lowest BCUT2D eigenvalue weighted by atomic mass is 9.93. The molecule has 2 unspecified atom stereocenters. The second kappa shape index (κ2) is 8.11. The molecule has 1 rings (SSSR count). The SMILES string of the molecule is CCNC(Cc1nc(C(C)(C)C)cs1)CC(C)COC. The molecule has 0 saturated carbocycles. The minimum Gasteiger partial charge on any atom is -0.384 e. The molecule has 0 aliphatic heterocycles. The van der Waals surface area contributed by atoms with Gasteiger partial charge >= 0.3 is 0 Å². The number of aromatic nitrogens is 1. The lowest BCUT2D eigenvalue weighted by Crippen LogP contribution is -2.33. The summed E-state index contributed by atoms with van der Waals surface area (Å²) in [7, 11) is 1.77. The highest BCUT2D eigenvalue weighted by molar-refractivity contribution is 7.09. The maximum absolute atomic E-state index is 5.24. The summed E-state index contributed by atoms with van der Waals surface area (Å²) in [5.41, 5.74) is 1.35. The van der Waals surface area contributed by atoms with Crippen molar-refractivity contribution in [3.05, 3.63) is 16.1 Å². The summed E-state index contributed by atoms with van der Waals surface area (Å²) < 4.78 is 5.24. The Kier molecular flexibility index (Phi) is 7.13. The monoisotopic (exact) mass is 298 g/mol. The first kappa shape index (κ1) is 17.6. The molecule has 0 spiro atoms. The van der Waals surface area contributed by atoms with Gasteiger partial charge in [-0.3, -0.25) is 0 Å². The van der Waals surface area contributed by atoms with E-state index in [2.05, 4.69) is 45.3 Å². The Labute approximate surface area is 128 Å². The zero-order chi connectivity index (χ0) is 15.2. The van der Waals surface area contributed by atoms with E-state index < -0.39 is 0 Å². The molecular formula is C16H30N2OS. The van der Waals surface area contributed by atoms with Gasteiger partial charge in [-0.15, -0.1) is 11.3 Å². The summed E-state index contributed by atoms with van der Waals surface area (Å²) >= 11 is 1.79. The van der Waals surface area contributed by atoms with Gasteiger partial charge in [-0.2, -0.15) is 0 Å². The zero-order valence-electron chi connectivity index (χ0n) is 13.8. The Morgan fingerprint density at radius 2 is 2.10 bits per heavy atom. The van der Waals surface area contributed by atoms with Gasteiger partial charge in [-0.1, -0.05) is 34.6 Å². The average Bonchev–Trinajstić information content (AvgIpc) is 2.77. The van der Waals surface area contributed by atoms with Crippen molar-refractivity contribution >= 4 is 11.3 Å². The quantitative estimate of drug-likeness (QED) is 0.795. The van der Waals surface area contributed by atoms with Crippen molar-refractivity contribution in [1.29, 1.82) is 0 Å². The van der Waals surface area contributed by atoms with Crippen LogP contribution < -0.4 is 5.32 Å². The molecule has 20 heavy (non-hydrogen) atoms. The summed E-state index contributed by atoms with van der Waals surface area (Å²) in [5, 5.41) is 7.03. The molecule has 0 fully saturated rings. The molecule has 0 amide bonds. The van der Waals surface area contributed by atoms with Crippen LogP contribution in [-0.4, -0.2) is 31.3 Å². The highest BCUT2D eigenvalue weighted by atomic mass is 32.1. The molecule has 2 atom stereocenters. The van der Waals surface area contributed by atoms with Crippen molar-refractivity contribution in [3.8, 4) is 0 Å². The van der Waals surface area contributed by atoms with Gasteiger partial charge in [0.1, 0.15) is 0 Å². The van der Waals surface area contributed by atoms with E-state index in [-0.39, 0.29) is 5.41 Å². The van der Waals surface area contributed by atoms with E-state index in [9.17, 15) is 0 Å². The van der Waals surface area contributed by atoms with Crippen LogP contribution in [0.2, 0.25) is 0 Å². The molecular weight excluding hydrogens is 268 g/mol. The standard InChI is InChI=1S/C16H30N2OS/c1-7-17-13(8-12(2)10-19-6)9-15-18-14(11-20-15)16(3,4)5/h11-13,17H,7-10H2,1-6H3. The van der Waals surface area contributed by atoms with Crippen LogP contribution in [0.15, 0.2) is 5.38 Å². The van der Waals surface area contributed by atoms with Crippen molar-refractivity contribution in [3.63, 3.8) is 0 Å². The van der Waals surface area contributed by atoms with Crippen molar-refractivity contribution in [2.75, 3.05) is 20.3 Å². The number of nitrogens with zero attached hydrogens (tertiary/aromatic N) is 1. The molecule has 0 radical (unpaired) electrons. The number of nitrogens with one attached hydrogen (secondary N) is 1. The third-order valence-electron chi connectivity index (χ3n) is 3.37. The van der Waals surface area contributed by atoms with Crippen molar-refractivity contribution in [1.82, 2.24) is 10.3 Å². The predicted octanol–water partition coefficient (Wildman–Crippen LogP) is 3.63. The molecule has 3 nitrogen and oxygen atoms in total. The Morgan fingerprint density at radius 1 is 1.40 bits per heavy atom. The number of likely N-dealkylation sites (N-methyl/N-ethyl adjacent to an activating group) is 1. The molecule has 0 aliphatic rings. The minimum absolute atomic E-state index is 0.145. The van der Waals surface area contributed by atoms with Gasteiger partial charge in [0.25, 0.3) is 0 Å². The smallest absolute Gasteiger partial charge is 0.0944 e. The van der Waals surface area contributed by atoms with E-state index in [1.807, 2.05) is 0 Å². The fourth-order valence-corrected chi connectivity index (χ4v) is 3.43. The largest absolute Gasteiger partial charge is 0.384 e. The van der Waals surface area contributed by atoms with Gasteiger partial charge in [0.2, 0.25) is 0 Å². The van der Waals surface area contributed by atoms with Gasteiger partial charge < -0.3 is 10.1 Å². The van der Waals surface area contributed by atoms with Crippen LogP contribution in [0.5, 0.6) is 0 Å². The topological polar surface area (TPSA) is 34.2 Å². The van der Waals surface area contributed by atoms with Crippen LogP contribution in [0.1, 0.15) is 51.7 Å². The molecule has 1 aromatic heterocycles. The summed E-state index contributed by atoms with van der Waals surface area (Å²) in [6.07, 6.45) is 2.15. The molecule has 0 aliphatic carbocycles. The van der Waals surface area contributed by atoms with Crippen LogP contribution in [0, 0.1) is 5.92 Å². The minimum atomic E-state index is 0.145. The van der Waals surface area contributed by atoms with Gasteiger partial charge in [0.15, 0.2) is 0 Å². The van der Waals surface area contributed by atoms with Crippen LogP contribution in [-0.2, 0) is 16.6 Å². The fraction of sp³-hybridized carbons (Fsp3) is 0.812. The molecule has 0 saturated heterocycles. The summed E-state index contributed by atoms with van der Waals surface area (Å²) in [6.45, 7) is 12.9. The second-order valence-electron chi connectivity index (χ2n) is 6.63. The molecule has 116 valence electrons. The first-order valence-electron chi connectivity index (χ1n) is 7.54. The van der Waals surface area contributed by atoms with Crippen molar-refractivity contribution < 1.29 is 4.74 Å². The number of hydrogen-bond acceptors (Lipinski definition) is 4. The van der Waals surface area contributed by atoms with E-state index in [1.165, 1.54) is 10.7 Å². The van der Waals surface area contributed by atoms with E-state index in [0.717, 1.165) is 26.0 Å². The van der Waals surface area contributed by atoms with Crippen LogP contribution in [0.4, 0.5) is 0 Å². The second-order valence-corrected chi connectivity index (χ2v) is 7.57. The van der Waals surface area contributed by atoms with Gasteiger partial charge in [0.05, 0.1) is 10.7 Å². The van der Waals surface area contributed by atoms with Crippen LogP contribution >= 0.6 is 11.3 Å². The molecule has 1 heterocycles. The van der Waals surface area contributed by atoms with Crippen molar-refractivity contribution in [2.45, 2.75) is 58.9 Å².